The summed E-state index contributed by atoms with van der Waals surface area (Å²) >= 11 is 0. The molecule has 2 N–H and O–H groups in total. The molecule has 0 saturated carbocycles. The molecule has 1 amide bonds. The summed E-state index contributed by atoms with van der Waals surface area (Å²) in [5, 5.41) is 16.2. The van der Waals surface area contributed by atoms with Crippen molar-refractivity contribution < 1.29 is 9.90 Å². The van der Waals surface area contributed by atoms with Crippen LogP contribution in [0.15, 0.2) is 42.6 Å². The molecule has 2 heterocycles. The van der Waals surface area contributed by atoms with Crippen molar-refractivity contribution in [2.24, 2.45) is 0 Å². The van der Waals surface area contributed by atoms with Gasteiger partial charge in [-0.25, -0.2) is 9.50 Å². The first-order valence-corrected chi connectivity index (χ1v) is 6.05. The summed E-state index contributed by atoms with van der Waals surface area (Å²) in [6.07, 6.45) is 1.57. The normalized spacial score (nSPS) is 10.7. The quantitative estimate of drug-likeness (QED) is 0.697. The lowest BCUT2D eigenvalue weighted by Gasteiger charge is -2.06. The van der Waals surface area contributed by atoms with E-state index in [4.69, 9.17) is 0 Å². The van der Waals surface area contributed by atoms with E-state index in [1.807, 2.05) is 6.92 Å². The molecule has 0 aliphatic heterocycles. The Labute approximate surface area is 114 Å². The summed E-state index contributed by atoms with van der Waals surface area (Å²) < 4.78 is 1.51. The number of aryl methyl sites for hydroxylation is 1. The third kappa shape index (κ3) is 2.18. The predicted octanol–water partition coefficient (Wildman–Crippen LogP) is 2.00. The number of anilines is 1. The minimum atomic E-state index is -0.286. The van der Waals surface area contributed by atoms with E-state index in [1.54, 1.807) is 30.5 Å². The number of rotatable bonds is 2. The van der Waals surface area contributed by atoms with E-state index in [2.05, 4.69) is 15.4 Å². The smallest absolute Gasteiger partial charge is 0.274 e. The first kappa shape index (κ1) is 12.2. The van der Waals surface area contributed by atoms with Crippen molar-refractivity contribution in [3.05, 3.63) is 54.0 Å². The van der Waals surface area contributed by atoms with Crippen LogP contribution in [0.2, 0.25) is 0 Å². The highest BCUT2D eigenvalue weighted by Gasteiger charge is 2.12. The van der Waals surface area contributed by atoms with Gasteiger partial charge in [-0.1, -0.05) is 0 Å². The summed E-state index contributed by atoms with van der Waals surface area (Å²) in [4.78, 5) is 16.4. The number of carbonyl (C=O) groups is 1. The lowest BCUT2D eigenvalue weighted by atomic mass is 10.3. The third-order valence-electron chi connectivity index (χ3n) is 2.84. The first-order valence-electron chi connectivity index (χ1n) is 6.05. The number of nitrogens with zero attached hydrogens (tertiary/aromatic N) is 3. The fourth-order valence-electron chi connectivity index (χ4n) is 1.92. The van der Waals surface area contributed by atoms with Gasteiger partial charge in [-0.3, -0.25) is 4.79 Å². The summed E-state index contributed by atoms with van der Waals surface area (Å²) in [5.74, 6) is -0.136. The van der Waals surface area contributed by atoms with Crippen LogP contribution in [0, 0.1) is 6.92 Å². The number of aromatic hydroxyl groups is 1. The summed E-state index contributed by atoms with van der Waals surface area (Å²) in [6, 6.07) is 9.68. The topological polar surface area (TPSA) is 79.5 Å². The largest absolute Gasteiger partial charge is 0.508 e. The van der Waals surface area contributed by atoms with Gasteiger partial charge in [0.15, 0.2) is 5.65 Å². The molecule has 6 nitrogen and oxygen atoms in total. The van der Waals surface area contributed by atoms with Crippen LogP contribution >= 0.6 is 0 Å². The van der Waals surface area contributed by atoms with Crippen LogP contribution in [-0.2, 0) is 0 Å². The number of aromatic nitrogens is 3. The van der Waals surface area contributed by atoms with E-state index >= 15 is 0 Å². The molecule has 0 fully saturated rings. The Morgan fingerprint density at radius 3 is 2.75 bits per heavy atom. The third-order valence-corrected chi connectivity index (χ3v) is 2.84. The fourth-order valence-corrected chi connectivity index (χ4v) is 1.92. The average molecular weight is 268 g/mol. The van der Waals surface area contributed by atoms with E-state index in [9.17, 15) is 9.90 Å². The maximum atomic E-state index is 12.3. The highest BCUT2D eigenvalue weighted by molar-refractivity contribution is 6.03. The molecular weight excluding hydrogens is 256 g/mol. The maximum Gasteiger partial charge on any atom is 0.274 e. The molecule has 0 radical (unpaired) electrons. The molecule has 6 heteroatoms. The van der Waals surface area contributed by atoms with Gasteiger partial charge in [0, 0.05) is 18.0 Å². The summed E-state index contributed by atoms with van der Waals surface area (Å²) in [6.45, 7) is 1.84. The van der Waals surface area contributed by atoms with Crippen LogP contribution in [0.4, 0.5) is 5.69 Å². The van der Waals surface area contributed by atoms with Gasteiger partial charge in [0.2, 0.25) is 0 Å². The van der Waals surface area contributed by atoms with Crippen molar-refractivity contribution in [2.75, 3.05) is 5.32 Å². The van der Waals surface area contributed by atoms with Gasteiger partial charge in [-0.15, -0.1) is 0 Å². The zero-order chi connectivity index (χ0) is 14.1. The number of benzene rings is 1. The van der Waals surface area contributed by atoms with Crippen molar-refractivity contribution in [3.63, 3.8) is 0 Å². The van der Waals surface area contributed by atoms with Gasteiger partial charge in [0.25, 0.3) is 5.91 Å². The Morgan fingerprint density at radius 1 is 1.25 bits per heavy atom. The molecule has 0 aliphatic carbocycles. The second-order valence-corrected chi connectivity index (χ2v) is 4.39. The Hall–Kier alpha value is -2.89. The number of hydrogen-bond acceptors (Lipinski definition) is 4. The SMILES string of the molecule is Cc1cc2nccc(C(=O)Nc3ccc(O)cc3)n2n1. The number of amides is 1. The van der Waals surface area contributed by atoms with Crippen LogP contribution in [0.3, 0.4) is 0 Å². The second-order valence-electron chi connectivity index (χ2n) is 4.39. The molecule has 0 saturated heterocycles. The monoisotopic (exact) mass is 268 g/mol. The van der Waals surface area contributed by atoms with Gasteiger partial charge in [-0.05, 0) is 37.3 Å². The number of hydrogen-bond donors (Lipinski definition) is 2. The molecule has 0 bridgehead atoms. The van der Waals surface area contributed by atoms with Gasteiger partial charge < -0.3 is 10.4 Å². The van der Waals surface area contributed by atoms with Crippen LogP contribution < -0.4 is 5.32 Å². The van der Waals surface area contributed by atoms with Crippen LogP contribution in [0.1, 0.15) is 16.2 Å². The molecule has 0 atom stereocenters. The van der Waals surface area contributed by atoms with E-state index in [1.165, 1.54) is 16.6 Å². The van der Waals surface area contributed by atoms with Crippen molar-refractivity contribution in [1.82, 2.24) is 14.6 Å². The molecule has 0 spiro atoms. The zero-order valence-electron chi connectivity index (χ0n) is 10.7. The number of phenols is 1. The molecule has 0 unspecified atom stereocenters. The highest BCUT2D eigenvalue weighted by atomic mass is 16.3. The zero-order valence-corrected chi connectivity index (χ0v) is 10.7. The molecule has 3 aromatic rings. The van der Waals surface area contributed by atoms with Crippen LogP contribution in [0.5, 0.6) is 5.75 Å². The molecule has 20 heavy (non-hydrogen) atoms. The lowest BCUT2D eigenvalue weighted by Crippen LogP contribution is -2.16. The fraction of sp³-hybridized carbons (Fsp3) is 0.0714. The lowest BCUT2D eigenvalue weighted by molar-refractivity contribution is 0.102. The minimum Gasteiger partial charge on any atom is -0.508 e. The molecule has 100 valence electrons. The molecule has 1 aromatic carbocycles. The number of nitrogens with one attached hydrogen (secondary N) is 1. The van der Waals surface area contributed by atoms with Crippen LogP contribution in [-0.4, -0.2) is 25.6 Å². The van der Waals surface area contributed by atoms with Gasteiger partial charge in [0.05, 0.1) is 5.69 Å². The summed E-state index contributed by atoms with van der Waals surface area (Å²) in [7, 11) is 0. The number of fused-ring (bicyclic) bond motifs is 1. The van der Waals surface area contributed by atoms with E-state index in [0.717, 1.165) is 5.69 Å². The van der Waals surface area contributed by atoms with Gasteiger partial charge in [-0.2, -0.15) is 5.10 Å². The van der Waals surface area contributed by atoms with Crippen molar-refractivity contribution in [2.45, 2.75) is 6.92 Å². The van der Waals surface area contributed by atoms with Crippen molar-refractivity contribution >= 4 is 17.2 Å². The maximum absolute atomic E-state index is 12.3. The Morgan fingerprint density at radius 2 is 2.00 bits per heavy atom. The average Bonchev–Trinajstić information content (AvgIpc) is 2.81. The van der Waals surface area contributed by atoms with Crippen LogP contribution in [0.25, 0.3) is 5.65 Å². The molecule has 2 aromatic heterocycles. The Bertz CT molecular complexity index is 777. The number of carbonyl (C=O) groups excluding carboxylic acids is 1. The predicted molar refractivity (Wildman–Crippen MR) is 73.8 cm³/mol. The standard InChI is InChI=1S/C14H12N4O2/c1-9-8-13-15-7-6-12(18(13)17-9)14(20)16-10-2-4-11(19)5-3-10/h2-8,19H,1H3,(H,16,20). The molecule has 3 rings (SSSR count). The Balaban J connectivity index is 1.94. The first-order chi connectivity index (χ1) is 9.63. The van der Waals surface area contributed by atoms with Crippen molar-refractivity contribution in [3.8, 4) is 5.75 Å². The van der Waals surface area contributed by atoms with Gasteiger partial charge >= 0.3 is 0 Å². The van der Waals surface area contributed by atoms with E-state index in [-0.39, 0.29) is 11.7 Å². The summed E-state index contributed by atoms with van der Waals surface area (Å²) in [5.41, 5.74) is 2.42. The number of phenolic OH excluding ortho intramolecular Hbond substituents is 1. The molecule has 0 aliphatic rings. The highest BCUT2D eigenvalue weighted by Crippen LogP contribution is 2.15. The van der Waals surface area contributed by atoms with E-state index in [0.29, 0.717) is 17.0 Å². The van der Waals surface area contributed by atoms with Gasteiger partial charge in [0.1, 0.15) is 11.4 Å². The molecular formula is C14H12N4O2. The minimum absolute atomic E-state index is 0.150. The van der Waals surface area contributed by atoms with Crippen molar-refractivity contribution in [1.29, 1.82) is 0 Å². The van der Waals surface area contributed by atoms with E-state index < -0.39 is 0 Å². The Kier molecular flexibility index (Phi) is 2.83. The second kappa shape index (κ2) is 4.65.